The molecule has 0 aliphatic carbocycles. The third kappa shape index (κ3) is 3.69. The van der Waals surface area contributed by atoms with Crippen LogP contribution in [0.4, 0.5) is 10.1 Å². The number of nitrogens with zero attached hydrogens (tertiary/aromatic N) is 1. The summed E-state index contributed by atoms with van der Waals surface area (Å²) in [5, 5.41) is 2.78. The number of carbonyl (C=O) groups is 2. The number of methoxy groups -OCH3 is 1. The lowest BCUT2D eigenvalue weighted by Gasteiger charge is -2.30. The zero-order valence-electron chi connectivity index (χ0n) is 15.8. The Bertz CT molecular complexity index is 1070. The van der Waals surface area contributed by atoms with Gasteiger partial charge in [-0.3, -0.25) is 9.59 Å². The largest absolute Gasteiger partial charge is 0.497 e. The average Bonchev–Trinajstić information content (AvgIpc) is 2.89. The van der Waals surface area contributed by atoms with Crippen molar-refractivity contribution in [1.29, 1.82) is 0 Å². The van der Waals surface area contributed by atoms with E-state index in [1.807, 2.05) is 30.3 Å². The summed E-state index contributed by atoms with van der Waals surface area (Å²) >= 11 is 0. The number of anilines is 1. The molecule has 5 nitrogen and oxygen atoms in total. The quantitative estimate of drug-likeness (QED) is 0.735. The van der Waals surface area contributed by atoms with Gasteiger partial charge in [0.1, 0.15) is 18.1 Å². The molecule has 1 aliphatic heterocycles. The van der Waals surface area contributed by atoms with Crippen LogP contribution in [0, 0.1) is 5.82 Å². The molecule has 3 aromatic carbocycles. The molecule has 0 aromatic heterocycles. The van der Waals surface area contributed by atoms with Crippen molar-refractivity contribution in [2.24, 2.45) is 0 Å². The standard InChI is InChI=1S/C23H19FN2O3/c1-29-18-9-5-8-16(12-18)23(28)26-14-21(27)25-20-11-10-17(24)13-19(20)22(26)15-6-3-2-4-7-15/h2-13,22H,14H2,1H3,(H,25,27)/t22-/m0/s1. The highest BCUT2D eigenvalue weighted by Crippen LogP contribution is 2.37. The molecule has 1 heterocycles. The van der Waals surface area contributed by atoms with Gasteiger partial charge in [-0.1, -0.05) is 36.4 Å². The van der Waals surface area contributed by atoms with Crippen LogP contribution in [0.1, 0.15) is 27.5 Å². The van der Waals surface area contributed by atoms with Crippen molar-refractivity contribution in [3.05, 3.63) is 95.3 Å². The zero-order chi connectivity index (χ0) is 20.4. The van der Waals surface area contributed by atoms with Crippen LogP contribution < -0.4 is 10.1 Å². The maximum atomic E-state index is 14.1. The molecule has 146 valence electrons. The molecule has 4 rings (SSSR count). The summed E-state index contributed by atoms with van der Waals surface area (Å²) < 4.78 is 19.4. The minimum Gasteiger partial charge on any atom is -0.497 e. The Labute approximate surface area is 167 Å². The predicted octanol–water partition coefficient (Wildman–Crippen LogP) is 4.02. The van der Waals surface area contributed by atoms with Gasteiger partial charge in [0, 0.05) is 16.8 Å². The molecule has 0 fully saturated rings. The van der Waals surface area contributed by atoms with Crippen LogP contribution in [0.25, 0.3) is 0 Å². The monoisotopic (exact) mass is 390 g/mol. The summed E-state index contributed by atoms with van der Waals surface area (Å²) in [7, 11) is 1.52. The highest BCUT2D eigenvalue weighted by molar-refractivity contribution is 6.01. The number of nitrogens with one attached hydrogen (secondary N) is 1. The fourth-order valence-corrected chi connectivity index (χ4v) is 3.58. The van der Waals surface area contributed by atoms with Crippen LogP contribution in [-0.2, 0) is 4.79 Å². The molecule has 1 atom stereocenters. The maximum Gasteiger partial charge on any atom is 0.255 e. The number of halogens is 1. The predicted molar refractivity (Wildman–Crippen MR) is 107 cm³/mol. The minimum atomic E-state index is -0.625. The smallest absolute Gasteiger partial charge is 0.255 e. The van der Waals surface area contributed by atoms with E-state index in [4.69, 9.17) is 4.74 Å². The number of fused-ring (bicyclic) bond motifs is 1. The van der Waals surface area contributed by atoms with E-state index in [0.717, 1.165) is 5.56 Å². The van der Waals surface area contributed by atoms with Gasteiger partial charge in [-0.15, -0.1) is 0 Å². The fourth-order valence-electron chi connectivity index (χ4n) is 3.58. The summed E-state index contributed by atoms with van der Waals surface area (Å²) in [6.45, 7) is -0.161. The number of hydrogen-bond acceptors (Lipinski definition) is 3. The Balaban J connectivity index is 1.87. The van der Waals surface area contributed by atoms with E-state index >= 15 is 0 Å². The Morgan fingerprint density at radius 1 is 1.07 bits per heavy atom. The van der Waals surface area contributed by atoms with Crippen molar-refractivity contribution in [3.63, 3.8) is 0 Å². The van der Waals surface area contributed by atoms with Crippen molar-refractivity contribution in [3.8, 4) is 5.75 Å². The lowest BCUT2D eigenvalue weighted by molar-refractivity contribution is -0.117. The molecule has 0 saturated carbocycles. The van der Waals surface area contributed by atoms with E-state index in [1.165, 1.54) is 30.2 Å². The summed E-state index contributed by atoms with van der Waals surface area (Å²) in [6.07, 6.45) is 0. The average molecular weight is 390 g/mol. The topological polar surface area (TPSA) is 58.6 Å². The molecule has 0 unspecified atom stereocenters. The van der Waals surface area contributed by atoms with Gasteiger partial charge in [0.25, 0.3) is 5.91 Å². The van der Waals surface area contributed by atoms with Gasteiger partial charge in [-0.25, -0.2) is 4.39 Å². The van der Waals surface area contributed by atoms with Gasteiger partial charge in [0.15, 0.2) is 0 Å². The molecule has 1 N–H and O–H groups in total. The van der Waals surface area contributed by atoms with E-state index in [-0.39, 0.29) is 18.4 Å². The zero-order valence-corrected chi connectivity index (χ0v) is 15.8. The van der Waals surface area contributed by atoms with Crippen LogP contribution in [0.15, 0.2) is 72.8 Å². The molecule has 0 saturated heterocycles. The Morgan fingerprint density at radius 3 is 2.62 bits per heavy atom. The van der Waals surface area contributed by atoms with Crippen molar-refractivity contribution >= 4 is 17.5 Å². The van der Waals surface area contributed by atoms with Crippen LogP contribution >= 0.6 is 0 Å². The summed E-state index contributed by atoms with van der Waals surface area (Å²) in [4.78, 5) is 27.5. The molecular weight excluding hydrogens is 371 g/mol. The molecule has 0 radical (unpaired) electrons. The van der Waals surface area contributed by atoms with Crippen molar-refractivity contribution in [2.45, 2.75) is 6.04 Å². The van der Waals surface area contributed by atoms with Crippen molar-refractivity contribution in [1.82, 2.24) is 4.90 Å². The van der Waals surface area contributed by atoms with Crippen LogP contribution in [-0.4, -0.2) is 30.4 Å². The first-order valence-electron chi connectivity index (χ1n) is 9.16. The first-order chi connectivity index (χ1) is 14.1. The SMILES string of the molecule is COc1cccc(C(=O)N2CC(=O)Nc3ccc(F)cc3[C@@H]2c2ccccc2)c1. The maximum absolute atomic E-state index is 14.1. The molecule has 6 heteroatoms. The van der Waals surface area contributed by atoms with E-state index in [2.05, 4.69) is 5.32 Å². The summed E-state index contributed by atoms with van der Waals surface area (Å²) in [5.74, 6) is -0.579. The molecule has 29 heavy (non-hydrogen) atoms. The summed E-state index contributed by atoms with van der Waals surface area (Å²) in [5.41, 5.74) is 2.19. The van der Waals surface area contributed by atoms with E-state index in [0.29, 0.717) is 22.6 Å². The lowest BCUT2D eigenvalue weighted by atomic mass is 9.95. The second-order valence-corrected chi connectivity index (χ2v) is 6.76. The van der Waals surface area contributed by atoms with Crippen molar-refractivity contribution in [2.75, 3.05) is 19.0 Å². The second kappa shape index (κ2) is 7.75. The van der Waals surface area contributed by atoms with Gasteiger partial charge in [0.05, 0.1) is 13.2 Å². The second-order valence-electron chi connectivity index (χ2n) is 6.76. The number of benzene rings is 3. The number of hydrogen-bond donors (Lipinski definition) is 1. The van der Waals surface area contributed by atoms with E-state index < -0.39 is 11.9 Å². The van der Waals surface area contributed by atoms with Gasteiger partial charge >= 0.3 is 0 Å². The number of amides is 2. The Kier molecular flexibility index (Phi) is 4.99. The first kappa shape index (κ1) is 18.7. The molecule has 3 aromatic rings. The Hall–Kier alpha value is -3.67. The van der Waals surface area contributed by atoms with Gasteiger partial charge in [-0.2, -0.15) is 0 Å². The van der Waals surface area contributed by atoms with E-state index in [9.17, 15) is 14.0 Å². The summed E-state index contributed by atoms with van der Waals surface area (Å²) in [6, 6.07) is 19.6. The van der Waals surface area contributed by atoms with Crippen LogP contribution in [0.5, 0.6) is 5.75 Å². The molecule has 1 aliphatic rings. The first-order valence-corrected chi connectivity index (χ1v) is 9.16. The van der Waals surface area contributed by atoms with Crippen molar-refractivity contribution < 1.29 is 18.7 Å². The van der Waals surface area contributed by atoms with Crippen LogP contribution in [0.2, 0.25) is 0 Å². The normalized spacial score (nSPS) is 15.9. The van der Waals surface area contributed by atoms with Gasteiger partial charge < -0.3 is 15.0 Å². The third-order valence-electron chi connectivity index (χ3n) is 4.90. The number of carbonyl (C=O) groups excluding carboxylic acids is 2. The molecular formula is C23H19FN2O3. The van der Waals surface area contributed by atoms with Gasteiger partial charge in [0.2, 0.25) is 5.91 Å². The number of rotatable bonds is 3. The lowest BCUT2D eigenvalue weighted by Crippen LogP contribution is -2.39. The van der Waals surface area contributed by atoms with Gasteiger partial charge in [-0.05, 0) is 42.0 Å². The molecule has 2 amide bonds. The van der Waals surface area contributed by atoms with Crippen LogP contribution in [0.3, 0.4) is 0 Å². The molecule has 0 bridgehead atoms. The molecule has 0 spiro atoms. The van der Waals surface area contributed by atoms with E-state index in [1.54, 1.807) is 24.3 Å². The third-order valence-corrected chi connectivity index (χ3v) is 4.90. The highest BCUT2D eigenvalue weighted by atomic mass is 19.1. The Morgan fingerprint density at radius 2 is 1.86 bits per heavy atom. The minimum absolute atomic E-state index is 0.161. The number of ether oxygens (including phenoxy) is 1. The fraction of sp³-hybridized carbons (Fsp3) is 0.130. The highest BCUT2D eigenvalue weighted by Gasteiger charge is 2.34.